The molecule has 0 fully saturated rings. The molecule has 0 atom stereocenters. The van der Waals surface area contributed by atoms with Crippen LogP contribution in [0.4, 0.5) is 0 Å². The average Bonchev–Trinajstić information content (AvgIpc) is 2.08. The number of hydrogen-bond acceptors (Lipinski definition) is 6. The minimum atomic E-state index is -3.72. The standard InChI is InChI=1S/CH3N5O2S/c2-9(7,8)1-3-5-6-4-1/h1H,(H2,2,7,8). The highest BCUT2D eigenvalue weighted by Crippen LogP contribution is 2.07. The maximum atomic E-state index is 10.3. The maximum absolute atomic E-state index is 10.3. The molecule has 0 aliphatic carbocycles. The van der Waals surface area contributed by atoms with E-state index >= 15 is 0 Å². The van der Waals surface area contributed by atoms with Crippen molar-refractivity contribution in [3.8, 4) is 0 Å². The van der Waals surface area contributed by atoms with Crippen molar-refractivity contribution in [2.45, 2.75) is 5.50 Å². The predicted octanol–water partition coefficient (Wildman–Crippen LogP) is -0.608. The summed E-state index contributed by atoms with van der Waals surface area (Å²) in [6.45, 7) is 0. The molecule has 0 radical (unpaired) electrons. The number of nitrogens with two attached hydrogens (primary N) is 1. The summed E-state index contributed by atoms with van der Waals surface area (Å²) in [6, 6.07) is 0. The molecule has 0 saturated heterocycles. The Morgan fingerprint density at radius 2 is 1.67 bits per heavy atom. The molecule has 8 heteroatoms. The van der Waals surface area contributed by atoms with Gasteiger partial charge in [0.15, 0.2) is 0 Å². The molecular formula is CH3N5O2S. The molecule has 2 N–H and O–H groups in total. The third kappa shape index (κ3) is 1.27. The summed E-state index contributed by atoms with van der Waals surface area (Å²) in [5.74, 6) is 0. The van der Waals surface area contributed by atoms with Gasteiger partial charge >= 0.3 is 0 Å². The van der Waals surface area contributed by atoms with Crippen molar-refractivity contribution in [3.05, 3.63) is 0 Å². The van der Waals surface area contributed by atoms with Gasteiger partial charge in [0, 0.05) is 0 Å². The molecule has 0 aromatic rings. The first-order valence-electron chi connectivity index (χ1n) is 1.92. The quantitative estimate of drug-likeness (QED) is 0.536. The Labute approximate surface area is 50.7 Å². The summed E-state index contributed by atoms with van der Waals surface area (Å²) < 4.78 is 20.6. The maximum Gasteiger partial charge on any atom is 0.297 e. The van der Waals surface area contributed by atoms with Crippen LogP contribution >= 0.6 is 0 Å². The summed E-state index contributed by atoms with van der Waals surface area (Å²) in [5.41, 5.74) is -1.32. The highest BCUT2D eigenvalue weighted by molar-refractivity contribution is 7.89. The van der Waals surface area contributed by atoms with E-state index in [9.17, 15) is 8.42 Å². The number of hydrogen-bond donors (Lipinski definition) is 1. The first kappa shape index (κ1) is 6.23. The van der Waals surface area contributed by atoms with Crippen LogP contribution in [0.2, 0.25) is 0 Å². The molecule has 1 aliphatic heterocycles. The monoisotopic (exact) mass is 149 g/mol. The van der Waals surface area contributed by atoms with Crippen LogP contribution in [-0.4, -0.2) is 13.9 Å². The van der Waals surface area contributed by atoms with Gasteiger partial charge in [-0.25, -0.2) is 13.6 Å². The average molecular weight is 149 g/mol. The lowest BCUT2D eigenvalue weighted by Gasteiger charge is -1.92. The smallest absolute Gasteiger partial charge is 0.225 e. The van der Waals surface area contributed by atoms with Crippen LogP contribution in [0.25, 0.3) is 0 Å². The van der Waals surface area contributed by atoms with Crippen molar-refractivity contribution in [3.63, 3.8) is 0 Å². The van der Waals surface area contributed by atoms with E-state index in [0.29, 0.717) is 0 Å². The van der Waals surface area contributed by atoms with E-state index in [1.807, 2.05) is 0 Å². The summed E-state index contributed by atoms with van der Waals surface area (Å²) in [7, 11) is -3.72. The molecule has 1 aliphatic rings. The van der Waals surface area contributed by atoms with Gasteiger partial charge in [-0.15, -0.1) is 10.2 Å². The topological polar surface area (TPSA) is 110 Å². The largest absolute Gasteiger partial charge is 0.297 e. The molecule has 9 heavy (non-hydrogen) atoms. The van der Waals surface area contributed by atoms with Crippen molar-refractivity contribution in [2.75, 3.05) is 0 Å². The zero-order chi connectivity index (χ0) is 6.91. The fraction of sp³-hybridized carbons (Fsp3) is 1.00. The van der Waals surface area contributed by atoms with E-state index in [4.69, 9.17) is 0 Å². The van der Waals surface area contributed by atoms with Crippen LogP contribution < -0.4 is 5.14 Å². The van der Waals surface area contributed by atoms with Gasteiger partial charge in [-0.1, -0.05) is 0 Å². The molecular weight excluding hydrogens is 146 g/mol. The molecule has 7 nitrogen and oxygen atoms in total. The normalized spacial score (nSPS) is 19.2. The second-order valence-electron chi connectivity index (χ2n) is 1.33. The number of rotatable bonds is 1. The van der Waals surface area contributed by atoms with Crippen molar-refractivity contribution in [1.82, 2.24) is 0 Å². The Bertz CT molecular complexity index is 238. The third-order valence-electron chi connectivity index (χ3n) is 0.635. The van der Waals surface area contributed by atoms with Crippen LogP contribution in [0.5, 0.6) is 0 Å². The van der Waals surface area contributed by atoms with Gasteiger partial charge in [0.05, 0.1) is 0 Å². The van der Waals surface area contributed by atoms with Gasteiger partial charge < -0.3 is 0 Å². The second-order valence-corrected chi connectivity index (χ2v) is 2.92. The first-order chi connectivity index (χ1) is 4.11. The number of sulfonamides is 1. The zero-order valence-corrected chi connectivity index (χ0v) is 4.98. The fourth-order valence-electron chi connectivity index (χ4n) is 0.289. The third-order valence-corrected chi connectivity index (χ3v) is 1.41. The molecule has 0 aromatic heterocycles. The lowest BCUT2D eigenvalue weighted by Crippen LogP contribution is -2.23. The predicted molar refractivity (Wildman–Crippen MR) is 26.6 cm³/mol. The Morgan fingerprint density at radius 3 is 1.89 bits per heavy atom. The lowest BCUT2D eigenvalue weighted by molar-refractivity contribution is 0.584. The summed E-state index contributed by atoms with van der Waals surface area (Å²) >= 11 is 0. The summed E-state index contributed by atoms with van der Waals surface area (Å²) in [5, 5.41) is 16.7. The molecule has 50 valence electrons. The van der Waals surface area contributed by atoms with Crippen molar-refractivity contribution in [2.24, 2.45) is 25.8 Å². The molecule has 1 rings (SSSR count). The molecule has 0 saturated carbocycles. The van der Waals surface area contributed by atoms with Gasteiger partial charge in [-0.05, 0) is 10.4 Å². The van der Waals surface area contributed by atoms with Crippen LogP contribution in [-0.2, 0) is 10.0 Å². The van der Waals surface area contributed by atoms with Gasteiger partial charge in [-0.2, -0.15) is 0 Å². The Balaban J connectivity index is 2.90. The minimum Gasteiger partial charge on any atom is -0.225 e. The fourth-order valence-corrected chi connectivity index (χ4v) is 0.636. The van der Waals surface area contributed by atoms with Gasteiger partial charge in [0.25, 0.3) is 15.5 Å². The van der Waals surface area contributed by atoms with Gasteiger partial charge in [0.2, 0.25) is 0 Å². The van der Waals surface area contributed by atoms with E-state index in [-0.39, 0.29) is 0 Å². The zero-order valence-electron chi connectivity index (χ0n) is 4.17. The van der Waals surface area contributed by atoms with Crippen LogP contribution in [0, 0.1) is 0 Å². The highest BCUT2D eigenvalue weighted by atomic mass is 32.2. The van der Waals surface area contributed by atoms with Crippen molar-refractivity contribution < 1.29 is 8.42 Å². The van der Waals surface area contributed by atoms with Gasteiger partial charge in [0.1, 0.15) is 0 Å². The Kier molecular flexibility index (Phi) is 1.25. The van der Waals surface area contributed by atoms with Crippen LogP contribution in [0.3, 0.4) is 0 Å². The highest BCUT2D eigenvalue weighted by Gasteiger charge is 2.22. The van der Waals surface area contributed by atoms with E-state index < -0.39 is 15.5 Å². The van der Waals surface area contributed by atoms with Crippen LogP contribution in [0.15, 0.2) is 20.7 Å². The molecule has 0 aromatic carbocycles. The molecule has 0 amide bonds. The molecule has 0 bridgehead atoms. The van der Waals surface area contributed by atoms with Crippen LogP contribution in [0.1, 0.15) is 0 Å². The lowest BCUT2D eigenvalue weighted by atomic mass is 11.2. The molecule has 0 spiro atoms. The first-order valence-corrected chi connectivity index (χ1v) is 3.53. The second kappa shape index (κ2) is 1.81. The summed E-state index contributed by atoms with van der Waals surface area (Å²) in [6.07, 6.45) is 0. The van der Waals surface area contributed by atoms with E-state index in [0.717, 1.165) is 0 Å². The molecule has 0 unspecified atom stereocenters. The molecule has 1 heterocycles. The van der Waals surface area contributed by atoms with Gasteiger partial charge in [-0.3, -0.25) is 0 Å². The van der Waals surface area contributed by atoms with E-state index in [2.05, 4.69) is 25.8 Å². The van der Waals surface area contributed by atoms with Crippen molar-refractivity contribution in [1.29, 1.82) is 0 Å². The number of primary sulfonamides is 1. The minimum absolute atomic E-state index is 1.32. The Hall–Kier alpha value is -0.890. The van der Waals surface area contributed by atoms with E-state index in [1.165, 1.54) is 0 Å². The number of nitrogens with zero attached hydrogens (tertiary/aromatic N) is 4. The Morgan fingerprint density at radius 1 is 1.22 bits per heavy atom. The van der Waals surface area contributed by atoms with E-state index in [1.54, 1.807) is 0 Å². The van der Waals surface area contributed by atoms with Crippen molar-refractivity contribution >= 4 is 10.0 Å². The summed E-state index contributed by atoms with van der Waals surface area (Å²) in [4.78, 5) is 0. The SMILES string of the molecule is NS(=O)(=O)C1N=NN=N1.